The Morgan fingerprint density at radius 2 is 1.69 bits per heavy atom. The topological polar surface area (TPSA) is 44.2 Å². The zero-order valence-corrected chi connectivity index (χ0v) is 15.7. The van der Waals surface area contributed by atoms with Crippen LogP contribution in [0.3, 0.4) is 0 Å². The predicted molar refractivity (Wildman–Crippen MR) is 107 cm³/mol. The number of hydrogen-bond acceptors (Lipinski definition) is 4. The Morgan fingerprint density at radius 1 is 1.04 bits per heavy atom. The van der Waals surface area contributed by atoms with Crippen molar-refractivity contribution in [2.75, 3.05) is 6.61 Å². The second-order valence-electron chi connectivity index (χ2n) is 7.39. The molecule has 1 fully saturated rings. The van der Waals surface area contributed by atoms with E-state index in [1.165, 1.54) is 31.8 Å². The first kappa shape index (κ1) is 18.6. The molecule has 0 amide bonds. The summed E-state index contributed by atoms with van der Waals surface area (Å²) < 4.78 is 11.2. The summed E-state index contributed by atoms with van der Waals surface area (Å²) in [5.74, 6) is 4.51. The van der Waals surface area contributed by atoms with Crippen molar-refractivity contribution in [2.24, 2.45) is 17.8 Å². The van der Waals surface area contributed by atoms with E-state index < -0.39 is 0 Å². The Hall–Kier alpha value is -2.17. The summed E-state index contributed by atoms with van der Waals surface area (Å²) in [5.41, 5.74) is 0.944. The summed E-state index contributed by atoms with van der Waals surface area (Å²) in [5, 5.41) is 0. The summed E-state index contributed by atoms with van der Waals surface area (Å²) in [4.78, 5) is 8.85. The molecule has 0 saturated heterocycles. The maximum atomic E-state index is 5.93. The average Bonchev–Trinajstić information content (AvgIpc) is 2.68. The van der Waals surface area contributed by atoms with Crippen LogP contribution in [0.5, 0.6) is 11.5 Å². The van der Waals surface area contributed by atoms with Crippen molar-refractivity contribution < 1.29 is 9.47 Å². The zero-order valence-electron chi connectivity index (χ0n) is 15.7. The van der Waals surface area contributed by atoms with Gasteiger partial charge in [0, 0.05) is 0 Å². The molecule has 1 aliphatic rings. The zero-order chi connectivity index (χ0) is 18.4. The molecule has 0 bridgehead atoms. The summed E-state index contributed by atoms with van der Waals surface area (Å²) in [7, 11) is 3.55. The van der Waals surface area contributed by atoms with E-state index in [2.05, 4.69) is 31.3 Å². The van der Waals surface area contributed by atoms with Crippen molar-refractivity contribution >= 4 is 13.6 Å². The van der Waals surface area contributed by atoms with E-state index in [0.29, 0.717) is 11.7 Å². The van der Waals surface area contributed by atoms with Gasteiger partial charge in [0.1, 0.15) is 0 Å². The molecule has 1 heterocycles. The van der Waals surface area contributed by atoms with Gasteiger partial charge in [0.2, 0.25) is 0 Å². The Labute approximate surface area is 157 Å². The molecule has 26 heavy (non-hydrogen) atoms. The minimum atomic E-state index is 0.655. The molecule has 4 nitrogen and oxygen atoms in total. The third-order valence-electron chi connectivity index (χ3n) is 5.28. The van der Waals surface area contributed by atoms with Crippen molar-refractivity contribution in [3.63, 3.8) is 0 Å². The average molecular weight is 350 g/mol. The van der Waals surface area contributed by atoms with E-state index >= 15 is 0 Å². The number of benzene rings is 1. The van der Waals surface area contributed by atoms with E-state index in [1.807, 2.05) is 24.3 Å². The van der Waals surface area contributed by atoms with Crippen LogP contribution >= 0.6 is 0 Å². The fraction of sp³-hybridized carbons (Fsp3) is 0.476. The van der Waals surface area contributed by atoms with Gasteiger partial charge in [-0.25, -0.2) is 0 Å². The molecule has 1 aromatic carbocycles. The van der Waals surface area contributed by atoms with Gasteiger partial charge < -0.3 is 0 Å². The van der Waals surface area contributed by atoms with Crippen LogP contribution in [0.25, 0.3) is 11.4 Å². The maximum absolute atomic E-state index is 5.93. The van der Waals surface area contributed by atoms with Gasteiger partial charge in [-0.15, -0.1) is 0 Å². The van der Waals surface area contributed by atoms with Crippen molar-refractivity contribution in [1.29, 1.82) is 0 Å². The monoisotopic (exact) mass is 350 g/mol. The molecule has 3 rings (SSSR count). The first-order valence-electron chi connectivity index (χ1n) is 9.48. The van der Waals surface area contributed by atoms with Crippen molar-refractivity contribution in [1.82, 2.24) is 9.97 Å². The first-order valence-corrected chi connectivity index (χ1v) is 9.48. The Kier molecular flexibility index (Phi) is 6.43. The Balaban J connectivity index is 1.51. The van der Waals surface area contributed by atoms with Crippen LogP contribution in [0.4, 0.5) is 0 Å². The minimum absolute atomic E-state index is 0.655. The van der Waals surface area contributed by atoms with E-state index in [-0.39, 0.29) is 0 Å². The van der Waals surface area contributed by atoms with E-state index in [1.54, 1.807) is 12.4 Å². The van der Waals surface area contributed by atoms with Crippen LogP contribution in [0.1, 0.15) is 39.5 Å². The van der Waals surface area contributed by atoms with Crippen LogP contribution in [0, 0.1) is 17.8 Å². The fourth-order valence-corrected chi connectivity index (χ4v) is 3.55. The SMILES string of the molecule is B=COc1ccc(-c2ncc(OCC3CCC(C(C)C)CC3)cn2)cc1. The molecular weight excluding hydrogens is 323 g/mol. The van der Waals surface area contributed by atoms with Gasteiger partial charge in [0.05, 0.1) is 0 Å². The first-order chi connectivity index (χ1) is 12.7. The molecular formula is C21H27BN2O2. The summed E-state index contributed by atoms with van der Waals surface area (Å²) >= 11 is 0. The molecule has 0 aliphatic heterocycles. The number of hydrogen-bond donors (Lipinski definition) is 0. The van der Waals surface area contributed by atoms with Gasteiger partial charge in [-0.05, 0) is 43.4 Å². The molecule has 136 valence electrons. The summed E-state index contributed by atoms with van der Waals surface area (Å²) in [6.45, 7) is 5.43. The molecule has 0 spiro atoms. The van der Waals surface area contributed by atoms with Gasteiger partial charge >= 0.3 is 99.2 Å². The molecule has 1 saturated carbocycles. The molecule has 0 atom stereocenters. The van der Waals surface area contributed by atoms with Gasteiger partial charge in [0.25, 0.3) is 0 Å². The van der Waals surface area contributed by atoms with E-state index in [0.717, 1.165) is 35.5 Å². The van der Waals surface area contributed by atoms with E-state index in [4.69, 9.17) is 9.47 Å². The molecule has 5 heteroatoms. The number of rotatable bonds is 7. The molecule has 2 aromatic rings. The fourth-order valence-electron chi connectivity index (χ4n) is 3.55. The van der Waals surface area contributed by atoms with Gasteiger partial charge in [-0.2, -0.15) is 0 Å². The van der Waals surface area contributed by atoms with Crippen LogP contribution in [-0.4, -0.2) is 30.2 Å². The standard InChI is InChI=1S/C21H27BN2O2/c1-15(2)17-5-3-16(4-6-17)13-25-20-11-23-21(24-12-20)18-7-9-19(10-8-18)26-14-22/h7-12,14-17,22H,3-6,13H2,1-2H3. The second kappa shape index (κ2) is 8.97. The molecule has 0 radical (unpaired) electrons. The third-order valence-corrected chi connectivity index (χ3v) is 5.28. The number of ether oxygens (including phenoxy) is 2. The number of aromatic nitrogens is 2. The van der Waals surface area contributed by atoms with Crippen molar-refractivity contribution in [2.45, 2.75) is 39.5 Å². The molecule has 0 N–H and O–H groups in total. The van der Waals surface area contributed by atoms with Gasteiger partial charge in [-0.3, -0.25) is 0 Å². The molecule has 1 aromatic heterocycles. The quantitative estimate of drug-likeness (QED) is 0.708. The summed E-state index contributed by atoms with van der Waals surface area (Å²) in [6.07, 6.45) is 10.1. The Bertz CT molecular complexity index is 693. The molecule has 1 aliphatic carbocycles. The predicted octanol–water partition coefficient (Wildman–Crippen LogP) is 4.02. The van der Waals surface area contributed by atoms with Crippen molar-refractivity contribution in [3.8, 4) is 22.9 Å². The number of nitrogens with zero attached hydrogens (tertiary/aromatic N) is 2. The molecule has 0 unspecified atom stereocenters. The van der Waals surface area contributed by atoms with Crippen LogP contribution in [0.15, 0.2) is 36.7 Å². The third kappa shape index (κ3) is 4.93. The van der Waals surface area contributed by atoms with Crippen molar-refractivity contribution in [3.05, 3.63) is 36.7 Å². The second-order valence-corrected chi connectivity index (χ2v) is 7.39. The van der Waals surface area contributed by atoms with Crippen LogP contribution < -0.4 is 9.47 Å². The van der Waals surface area contributed by atoms with Crippen LogP contribution in [0.2, 0.25) is 0 Å². The Morgan fingerprint density at radius 3 is 2.27 bits per heavy atom. The summed E-state index contributed by atoms with van der Waals surface area (Å²) in [6, 6.07) is 7.61. The van der Waals surface area contributed by atoms with Gasteiger partial charge in [0.15, 0.2) is 0 Å². The van der Waals surface area contributed by atoms with Crippen LogP contribution in [-0.2, 0) is 0 Å². The normalized spacial score (nSPS) is 19.9. The van der Waals surface area contributed by atoms with E-state index in [9.17, 15) is 0 Å². The van der Waals surface area contributed by atoms with Gasteiger partial charge in [-0.1, -0.05) is 13.8 Å².